The molecule has 1 atom stereocenters. The Hall–Kier alpha value is -3.91. The molecule has 0 aliphatic heterocycles. The Morgan fingerprint density at radius 3 is 2.22 bits per heavy atom. The van der Waals surface area contributed by atoms with Gasteiger partial charge < -0.3 is 10.6 Å². The number of carbonyl (C=O) groups excluding carboxylic acids is 2. The molecule has 0 saturated heterocycles. The van der Waals surface area contributed by atoms with Gasteiger partial charge in [-0.05, 0) is 62.2 Å². The normalized spacial score (nSPS) is 11.7. The average molecular weight is 500 g/mol. The summed E-state index contributed by atoms with van der Waals surface area (Å²) < 4.78 is 2.05. The first-order valence-electron chi connectivity index (χ1n) is 11.7. The first-order chi connectivity index (χ1) is 17.3. The predicted molar refractivity (Wildman–Crippen MR) is 145 cm³/mol. The number of hydrogen-bond donors (Lipinski definition) is 2. The largest absolute Gasteiger partial charge is 0.326 e. The fourth-order valence-corrected chi connectivity index (χ4v) is 4.74. The van der Waals surface area contributed by atoms with Gasteiger partial charge in [-0.2, -0.15) is 0 Å². The number of thioether (sulfide) groups is 1. The standard InChI is InChI=1S/C28H29N5O2S/c1-18-10-15-25(19(2)16-18)33-26(17-22-8-6-5-7-9-22)31-32-28(33)36-20(3)27(35)30-24-13-11-23(12-14-24)29-21(4)34/h5-16,20H,17H2,1-4H3,(H,29,34)(H,30,35). The average Bonchev–Trinajstić information content (AvgIpc) is 3.22. The summed E-state index contributed by atoms with van der Waals surface area (Å²) in [5, 5.41) is 14.9. The summed E-state index contributed by atoms with van der Waals surface area (Å²) in [5.41, 5.74) is 5.77. The summed E-state index contributed by atoms with van der Waals surface area (Å²) in [6, 6.07) is 23.5. The number of hydrogen-bond acceptors (Lipinski definition) is 5. The molecule has 3 aromatic carbocycles. The highest BCUT2D eigenvalue weighted by molar-refractivity contribution is 8.00. The van der Waals surface area contributed by atoms with Gasteiger partial charge in [-0.3, -0.25) is 14.2 Å². The second kappa shape index (κ2) is 11.2. The molecular formula is C28H29N5O2S. The number of rotatable bonds is 8. The zero-order valence-electron chi connectivity index (χ0n) is 20.8. The maximum absolute atomic E-state index is 13.0. The number of nitrogens with zero attached hydrogens (tertiary/aromatic N) is 3. The van der Waals surface area contributed by atoms with Gasteiger partial charge in [0.05, 0.1) is 10.9 Å². The summed E-state index contributed by atoms with van der Waals surface area (Å²) in [4.78, 5) is 24.2. The van der Waals surface area contributed by atoms with Crippen molar-refractivity contribution in [2.24, 2.45) is 0 Å². The van der Waals surface area contributed by atoms with Gasteiger partial charge in [0.25, 0.3) is 0 Å². The van der Waals surface area contributed by atoms with Gasteiger partial charge in [0.15, 0.2) is 5.16 Å². The first-order valence-corrected chi connectivity index (χ1v) is 12.6. The van der Waals surface area contributed by atoms with Crippen LogP contribution < -0.4 is 10.6 Å². The third-order valence-corrected chi connectivity index (χ3v) is 6.67. The molecule has 8 heteroatoms. The van der Waals surface area contributed by atoms with Crippen LogP contribution >= 0.6 is 11.8 Å². The summed E-state index contributed by atoms with van der Waals surface area (Å²) in [6.07, 6.45) is 0.628. The second-order valence-electron chi connectivity index (χ2n) is 8.69. The summed E-state index contributed by atoms with van der Waals surface area (Å²) >= 11 is 1.37. The lowest BCUT2D eigenvalue weighted by atomic mass is 10.1. The minimum atomic E-state index is -0.418. The molecular weight excluding hydrogens is 470 g/mol. The van der Waals surface area contributed by atoms with Gasteiger partial charge in [0.1, 0.15) is 5.82 Å². The molecule has 0 aliphatic carbocycles. The Morgan fingerprint density at radius 2 is 1.58 bits per heavy atom. The molecule has 2 N–H and O–H groups in total. The fourth-order valence-electron chi connectivity index (χ4n) is 3.86. The Kier molecular flexibility index (Phi) is 7.85. The van der Waals surface area contributed by atoms with E-state index in [-0.39, 0.29) is 11.8 Å². The van der Waals surface area contributed by atoms with Crippen LogP contribution in [-0.2, 0) is 16.0 Å². The van der Waals surface area contributed by atoms with Gasteiger partial charge in [0, 0.05) is 24.7 Å². The highest BCUT2D eigenvalue weighted by atomic mass is 32.2. The summed E-state index contributed by atoms with van der Waals surface area (Å²) in [7, 11) is 0. The maximum Gasteiger partial charge on any atom is 0.237 e. The number of nitrogens with one attached hydrogen (secondary N) is 2. The SMILES string of the molecule is CC(=O)Nc1ccc(NC(=O)C(C)Sc2nnc(Cc3ccccc3)n2-c2ccc(C)cc2C)cc1. The van der Waals surface area contributed by atoms with Gasteiger partial charge in [-0.25, -0.2) is 0 Å². The van der Waals surface area contributed by atoms with Crippen molar-refractivity contribution in [3.63, 3.8) is 0 Å². The molecule has 0 spiro atoms. The zero-order valence-corrected chi connectivity index (χ0v) is 21.6. The molecule has 36 heavy (non-hydrogen) atoms. The Bertz CT molecular complexity index is 1370. The van der Waals surface area contributed by atoms with E-state index in [4.69, 9.17) is 0 Å². The van der Waals surface area contributed by atoms with Crippen molar-refractivity contribution in [1.82, 2.24) is 14.8 Å². The molecule has 4 aromatic rings. The lowest BCUT2D eigenvalue weighted by Crippen LogP contribution is -2.23. The topological polar surface area (TPSA) is 88.9 Å². The molecule has 1 unspecified atom stereocenters. The highest BCUT2D eigenvalue weighted by Crippen LogP contribution is 2.29. The summed E-state index contributed by atoms with van der Waals surface area (Å²) in [5.74, 6) is 0.528. The molecule has 7 nitrogen and oxygen atoms in total. The van der Waals surface area contributed by atoms with Crippen molar-refractivity contribution < 1.29 is 9.59 Å². The van der Waals surface area contributed by atoms with Crippen molar-refractivity contribution in [2.75, 3.05) is 10.6 Å². The molecule has 0 aliphatic rings. The quantitative estimate of drug-likeness (QED) is 0.310. The molecule has 4 rings (SSSR count). The van der Waals surface area contributed by atoms with E-state index in [9.17, 15) is 9.59 Å². The Balaban J connectivity index is 1.56. The Morgan fingerprint density at radius 1 is 0.917 bits per heavy atom. The van der Waals surface area contributed by atoms with E-state index in [1.807, 2.05) is 25.1 Å². The van der Waals surface area contributed by atoms with E-state index < -0.39 is 5.25 Å². The lowest BCUT2D eigenvalue weighted by Gasteiger charge is -2.16. The van der Waals surface area contributed by atoms with Crippen LogP contribution in [0.3, 0.4) is 0 Å². The monoisotopic (exact) mass is 499 g/mol. The molecule has 0 bridgehead atoms. The van der Waals surface area contributed by atoms with E-state index in [1.165, 1.54) is 24.2 Å². The van der Waals surface area contributed by atoms with Crippen LogP contribution in [0.5, 0.6) is 0 Å². The van der Waals surface area contributed by atoms with Crippen molar-refractivity contribution >= 4 is 35.0 Å². The number of aryl methyl sites for hydroxylation is 2. The number of carbonyl (C=O) groups is 2. The molecule has 2 amide bonds. The van der Waals surface area contributed by atoms with E-state index in [0.29, 0.717) is 23.0 Å². The zero-order chi connectivity index (χ0) is 25.7. The van der Waals surface area contributed by atoms with Crippen molar-refractivity contribution in [3.05, 3.63) is 95.3 Å². The van der Waals surface area contributed by atoms with Gasteiger partial charge in [-0.1, -0.05) is 59.8 Å². The third kappa shape index (κ3) is 6.20. The number of aromatic nitrogens is 3. The molecule has 184 valence electrons. The van der Waals surface area contributed by atoms with Gasteiger partial charge >= 0.3 is 0 Å². The molecule has 0 fully saturated rings. The van der Waals surface area contributed by atoms with Crippen molar-refractivity contribution in [3.8, 4) is 5.69 Å². The van der Waals surface area contributed by atoms with Crippen LogP contribution in [0.1, 0.15) is 36.4 Å². The van der Waals surface area contributed by atoms with Crippen LogP contribution in [0.25, 0.3) is 5.69 Å². The number of benzene rings is 3. The molecule has 1 aromatic heterocycles. The van der Waals surface area contributed by atoms with E-state index in [2.05, 4.69) is 69.6 Å². The van der Waals surface area contributed by atoms with Crippen LogP contribution in [0.15, 0.2) is 78.0 Å². The number of amides is 2. The van der Waals surface area contributed by atoms with E-state index in [1.54, 1.807) is 24.3 Å². The second-order valence-corrected chi connectivity index (χ2v) is 10.0. The smallest absolute Gasteiger partial charge is 0.237 e. The third-order valence-electron chi connectivity index (χ3n) is 5.62. The molecule has 1 heterocycles. The fraction of sp³-hybridized carbons (Fsp3) is 0.214. The van der Waals surface area contributed by atoms with Crippen molar-refractivity contribution in [2.45, 2.75) is 44.5 Å². The minimum absolute atomic E-state index is 0.142. The van der Waals surface area contributed by atoms with Gasteiger partial charge in [-0.15, -0.1) is 10.2 Å². The highest BCUT2D eigenvalue weighted by Gasteiger charge is 2.22. The van der Waals surface area contributed by atoms with Crippen LogP contribution in [0.4, 0.5) is 11.4 Å². The van der Waals surface area contributed by atoms with Crippen LogP contribution in [0, 0.1) is 13.8 Å². The first kappa shape index (κ1) is 25.2. The summed E-state index contributed by atoms with van der Waals surface area (Å²) in [6.45, 7) is 7.45. The molecule has 0 radical (unpaired) electrons. The van der Waals surface area contributed by atoms with Crippen LogP contribution in [0.2, 0.25) is 0 Å². The van der Waals surface area contributed by atoms with Gasteiger partial charge in [0.2, 0.25) is 11.8 Å². The Labute approximate surface area is 215 Å². The lowest BCUT2D eigenvalue weighted by molar-refractivity contribution is -0.115. The minimum Gasteiger partial charge on any atom is -0.326 e. The number of anilines is 2. The maximum atomic E-state index is 13.0. The van der Waals surface area contributed by atoms with E-state index >= 15 is 0 Å². The van der Waals surface area contributed by atoms with Crippen LogP contribution in [-0.4, -0.2) is 31.8 Å². The molecule has 0 saturated carbocycles. The van der Waals surface area contributed by atoms with Crippen molar-refractivity contribution in [1.29, 1.82) is 0 Å². The van der Waals surface area contributed by atoms with E-state index in [0.717, 1.165) is 22.6 Å². The predicted octanol–water partition coefficient (Wildman–Crippen LogP) is 5.55.